The van der Waals surface area contributed by atoms with Gasteiger partial charge in [0.1, 0.15) is 11.5 Å². The summed E-state index contributed by atoms with van der Waals surface area (Å²) in [5, 5.41) is 3.17. The molecule has 0 saturated carbocycles. The van der Waals surface area contributed by atoms with E-state index in [9.17, 15) is 26.4 Å². The number of anilines is 1. The van der Waals surface area contributed by atoms with Gasteiger partial charge in [0.25, 0.3) is 5.91 Å². The monoisotopic (exact) mass is 630 g/mol. The molecule has 0 saturated heterocycles. The number of fused-ring (bicyclic) bond motifs is 1. The highest BCUT2D eigenvalue weighted by Crippen LogP contribution is 2.40. The van der Waals surface area contributed by atoms with Crippen LogP contribution in [0.4, 0.5) is 18.9 Å². The largest absolute Gasteiger partial charge is 0.573 e. The Morgan fingerprint density at radius 3 is 2.34 bits per heavy atom. The normalized spacial score (nSPS) is 14.6. The number of hydrogen-bond acceptors (Lipinski definition) is 6. The molecular formula is C28H30ClF3N2O5S2. The van der Waals surface area contributed by atoms with Crippen molar-refractivity contribution < 1.29 is 35.9 Å². The lowest BCUT2D eigenvalue weighted by Crippen LogP contribution is -2.34. The second kappa shape index (κ2) is 11.5. The first-order valence-electron chi connectivity index (χ1n) is 12.7. The maximum Gasteiger partial charge on any atom is 0.573 e. The van der Waals surface area contributed by atoms with Gasteiger partial charge in [-0.1, -0.05) is 25.4 Å². The van der Waals surface area contributed by atoms with Gasteiger partial charge < -0.3 is 14.8 Å². The number of nitrogens with one attached hydrogen (secondary N) is 1. The highest BCUT2D eigenvalue weighted by Gasteiger charge is 2.33. The van der Waals surface area contributed by atoms with E-state index in [1.54, 1.807) is 44.2 Å². The number of amides is 1. The van der Waals surface area contributed by atoms with E-state index in [1.165, 1.54) is 27.8 Å². The number of carbonyl (C=O) groups excluding carboxylic acids is 1. The molecule has 2 aromatic carbocycles. The maximum absolute atomic E-state index is 13.2. The number of carbonyl (C=O) groups is 1. The van der Waals surface area contributed by atoms with E-state index in [4.69, 9.17) is 16.3 Å². The van der Waals surface area contributed by atoms with E-state index in [0.717, 1.165) is 16.7 Å². The van der Waals surface area contributed by atoms with Crippen LogP contribution in [0.3, 0.4) is 0 Å². The lowest BCUT2D eigenvalue weighted by Gasteiger charge is -2.28. The van der Waals surface area contributed by atoms with Crippen LogP contribution in [0.15, 0.2) is 42.5 Å². The van der Waals surface area contributed by atoms with Gasteiger partial charge in [0, 0.05) is 40.2 Å². The van der Waals surface area contributed by atoms with Crippen molar-refractivity contribution in [1.29, 1.82) is 0 Å². The molecular weight excluding hydrogens is 601 g/mol. The SMILES string of the molecule is CC(C)Oc1cc(OC(F)(F)F)cc(C(C)(C)c2cc(Cl)cc(NC(=O)c3cc4c(s3)CCN(S(C)(=O)=O)C4)c2)c1. The first kappa shape index (κ1) is 31.1. The second-order valence-electron chi connectivity index (χ2n) is 10.6. The number of ether oxygens (including phenoxy) is 2. The minimum absolute atomic E-state index is 0.215. The molecule has 7 nitrogen and oxygen atoms in total. The minimum atomic E-state index is -4.88. The summed E-state index contributed by atoms with van der Waals surface area (Å²) >= 11 is 7.74. The summed E-state index contributed by atoms with van der Waals surface area (Å²) in [6.45, 7) is 7.74. The summed E-state index contributed by atoms with van der Waals surface area (Å²) in [7, 11) is -3.34. The number of sulfonamides is 1. The van der Waals surface area contributed by atoms with Crippen molar-refractivity contribution in [2.75, 3.05) is 18.1 Å². The van der Waals surface area contributed by atoms with Crippen LogP contribution in [-0.4, -0.2) is 43.9 Å². The van der Waals surface area contributed by atoms with E-state index >= 15 is 0 Å². The molecule has 1 amide bonds. The van der Waals surface area contributed by atoms with Crippen molar-refractivity contribution in [1.82, 2.24) is 4.31 Å². The number of halogens is 4. The molecule has 0 fully saturated rings. The summed E-state index contributed by atoms with van der Waals surface area (Å²) in [5.74, 6) is -0.573. The molecule has 41 heavy (non-hydrogen) atoms. The van der Waals surface area contributed by atoms with Gasteiger partial charge in [-0.05, 0) is 73.4 Å². The molecule has 4 rings (SSSR count). The third-order valence-electron chi connectivity index (χ3n) is 6.61. The number of rotatable bonds is 8. The fraction of sp³-hybridized carbons (Fsp3) is 0.393. The Balaban J connectivity index is 1.62. The van der Waals surface area contributed by atoms with Crippen LogP contribution in [0.25, 0.3) is 0 Å². The second-order valence-corrected chi connectivity index (χ2v) is 14.2. The molecule has 3 aromatic rings. The summed E-state index contributed by atoms with van der Waals surface area (Å²) in [6, 6.07) is 10.8. The van der Waals surface area contributed by atoms with E-state index < -0.39 is 27.6 Å². The van der Waals surface area contributed by atoms with E-state index in [0.29, 0.717) is 39.7 Å². The molecule has 0 radical (unpaired) electrons. The topological polar surface area (TPSA) is 84.9 Å². The van der Waals surface area contributed by atoms with Crippen LogP contribution in [0.1, 0.15) is 58.9 Å². The standard InChI is InChI=1S/C28H30ClF3N2O5S2/c1-16(2)38-22-11-19(12-23(14-22)39-28(30,31)32)27(3,4)18-9-20(29)13-21(10-18)33-26(35)25-8-17-15-34(41(5,36)37)7-6-24(17)40-25/h8-14,16H,6-7,15H2,1-5H3,(H,33,35). The fourth-order valence-electron chi connectivity index (χ4n) is 4.55. The zero-order valence-corrected chi connectivity index (χ0v) is 25.4. The van der Waals surface area contributed by atoms with E-state index in [1.807, 2.05) is 13.8 Å². The molecule has 1 aliphatic heterocycles. The van der Waals surface area contributed by atoms with Crippen molar-refractivity contribution in [3.63, 3.8) is 0 Å². The van der Waals surface area contributed by atoms with Crippen molar-refractivity contribution >= 4 is 44.6 Å². The summed E-state index contributed by atoms with van der Waals surface area (Å²) < 4.78 is 74.3. The molecule has 1 aliphatic rings. The van der Waals surface area contributed by atoms with Gasteiger partial charge in [-0.2, -0.15) is 4.31 Å². The van der Waals surface area contributed by atoms with Crippen LogP contribution in [-0.2, 0) is 28.4 Å². The number of benzene rings is 2. The average molecular weight is 631 g/mol. The van der Waals surface area contributed by atoms with Crippen molar-refractivity contribution in [3.8, 4) is 11.5 Å². The Morgan fingerprint density at radius 1 is 1.05 bits per heavy atom. The Hall–Kier alpha value is -2.80. The Morgan fingerprint density at radius 2 is 1.71 bits per heavy atom. The van der Waals surface area contributed by atoms with Gasteiger partial charge in [-0.15, -0.1) is 24.5 Å². The predicted molar refractivity (Wildman–Crippen MR) is 154 cm³/mol. The van der Waals surface area contributed by atoms with Gasteiger partial charge in [0.05, 0.1) is 17.2 Å². The molecule has 1 N–H and O–H groups in total. The summed E-state index contributed by atoms with van der Waals surface area (Å²) in [5.41, 5.74) is 1.44. The number of nitrogens with zero attached hydrogens (tertiary/aromatic N) is 1. The Bertz CT molecular complexity index is 1570. The van der Waals surface area contributed by atoms with Crippen LogP contribution in [0, 0.1) is 0 Å². The zero-order chi connectivity index (χ0) is 30.3. The van der Waals surface area contributed by atoms with Gasteiger partial charge >= 0.3 is 6.36 Å². The summed E-state index contributed by atoms with van der Waals surface area (Å²) in [6.07, 6.45) is -3.48. The average Bonchev–Trinajstić information content (AvgIpc) is 3.25. The predicted octanol–water partition coefficient (Wildman–Crippen LogP) is 6.98. The number of thiophene rings is 1. The zero-order valence-electron chi connectivity index (χ0n) is 23.1. The van der Waals surface area contributed by atoms with Crippen molar-refractivity contribution in [2.24, 2.45) is 0 Å². The molecule has 0 atom stereocenters. The Kier molecular flexibility index (Phi) is 8.71. The van der Waals surface area contributed by atoms with Gasteiger partial charge in [0.15, 0.2) is 0 Å². The lowest BCUT2D eigenvalue weighted by atomic mass is 9.78. The molecule has 0 unspecified atom stereocenters. The molecule has 1 aromatic heterocycles. The molecule has 0 aliphatic carbocycles. The molecule has 2 heterocycles. The minimum Gasteiger partial charge on any atom is -0.491 e. The lowest BCUT2D eigenvalue weighted by molar-refractivity contribution is -0.274. The first-order valence-corrected chi connectivity index (χ1v) is 15.7. The first-order chi connectivity index (χ1) is 18.9. The highest BCUT2D eigenvalue weighted by atomic mass is 35.5. The van der Waals surface area contributed by atoms with Crippen LogP contribution >= 0.6 is 22.9 Å². The third kappa shape index (κ3) is 7.73. The van der Waals surface area contributed by atoms with Crippen LogP contribution in [0.5, 0.6) is 11.5 Å². The van der Waals surface area contributed by atoms with E-state index in [2.05, 4.69) is 10.1 Å². The van der Waals surface area contributed by atoms with Crippen LogP contribution < -0.4 is 14.8 Å². The van der Waals surface area contributed by atoms with Gasteiger partial charge in [-0.25, -0.2) is 8.42 Å². The van der Waals surface area contributed by atoms with E-state index in [-0.39, 0.29) is 24.3 Å². The van der Waals surface area contributed by atoms with Gasteiger partial charge in [0.2, 0.25) is 10.0 Å². The fourth-order valence-corrected chi connectivity index (χ4v) is 6.64. The quantitative estimate of drug-likeness (QED) is 0.290. The van der Waals surface area contributed by atoms with Crippen molar-refractivity contribution in [2.45, 2.75) is 58.5 Å². The number of alkyl halides is 3. The maximum atomic E-state index is 13.2. The highest BCUT2D eigenvalue weighted by molar-refractivity contribution is 7.88. The number of hydrogen-bond donors (Lipinski definition) is 1. The molecule has 13 heteroatoms. The smallest absolute Gasteiger partial charge is 0.491 e. The van der Waals surface area contributed by atoms with Crippen molar-refractivity contribution in [3.05, 3.63) is 73.9 Å². The third-order valence-corrected chi connectivity index (χ3v) is 9.31. The molecule has 0 spiro atoms. The molecule has 222 valence electrons. The summed E-state index contributed by atoms with van der Waals surface area (Å²) in [4.78, 5) is 14.6. The van der Waals surface area contributed by atoms with Crippen LogP contribution in [0.2, 0.25) is 5.02 Å². The molecule has 0 bridgehead atoms. The van der Waals surface area contributed by atoms with Gasteiger partial charge in [-0.3, -0.25) is 4.79 Å². The Labute approximate surface area is 246 Å².